The van der Waals surface area contributed by atoms with Gasteiger partial charge in [-0.2, -0.15) is 0 Å². The van der Waals surface area contributed by atoms with Crippen molar-refractivity contribution in [3.05, 3.63) is 346 Å². The summed E-state index contributed by atoms with van der Waals surface area (Å²) >= 11 is 0. The van der Waals surface area contributed by atoms with Crippen LogP contribution in [0.3, 0.4) is 0 Å². The van der Waals surface area contributed by atoms with Gasteiger partial charge in [-0.25, -0.2) is 0 Å². The molecule has 0 saturated carbocycles. The first kappa shape index (κ1) is 54.0. The Morgan fingerprint density at radius 3 is 1.03 bits per heavy atom. The molecule has 446 valence electrons. The number of aromatic nitrogens is 2. The Kier molecular flexibility index (Phi) is 12.1. The topological polar surface area (TPSA) is 29.5 Å². The van der Waals surface area contributed by atoms with Crippen LogP contribution in [-0.4, -0.2) is 15.8 Å². The third-order valence-corrected chi connectivity index (χ3v) is 20.3. The molecule has 0 atom stereocenters. The molecule has 5 heterocycles. The second-order valence-electron chi connectivity index (χ2n) is 25.4. The summed E-state index contributed by atoms with van der Waals surface area (Å²) in [6, 6.07) is 128. The fourth-order valence-electron chi connectivity index (χ4n) is 16.2. The van der Waals surface area contributed by atoms with Crippen LogP contribution in [0.4, 0.5) is 34.1 Å². The number of fused-ring (bicyclic) bond motifs is 13. The van der Waals surface area contributed by atoms with Gasteiger partial charge in [0.05, 0.1) is 44.8 Å². The van der Waals surface area contributed by atoms with E-state index in [-0.39, 0.29) is 6.71 Å². The van der Waals surface area contributed by atoms with Crippen molar-refractivity contribution < 1.29 is 4.42 Å². The van der Waals surface area contributed by atoms with Crippen LogP contribution >= 0.6 is 0 Å². The zero-order valence-electron chi connectivity index (χ0n) is 52.2. The van der Waals surface area contributed by atoms with E-state index in [0.717, 1.165) is 123 Å². The van der Waals surface area contributed by atoms with Gasteiger partial charge in [0, 0.05) is 77.3 Å². The van der Waals surface area contributed by atoms with Crippen LogP contribution < -0.4 is 26.2 Å². The molecule has 0 bridgehead atoms. The largest absolute Gasteiger partial charge is 0.456 e. The lowest BCUT2D eigenvalue weighted by Crippen LogP contribution is -2.61. The van der Waals surface area contributed by atoms with Crippen LogP contribution in [0.1, 0.15) is 0 Å². The number of para-hydroxylation sites is 7. The third-order valence-electron chi connectivity index (χ3n) is 20.3. The molecule has 0 saturated heterocycles. The zero-order valence-corrected chi connectivity index (χ0v) is 52.2. The number of anilines is 6. The van der Waals surface area contributed by atoms with E-state index in [9.17, 15) is 0 Å². The van der Waals surface area contributed by atoms with Crippen LogP contribution in [0.5, 0.6) is 0 Å². The highest BCUT2D eigenvalue weighted by Crippen LogP contribution is 2.52. The molecular weight excluding hydrogens is 1160 g/mol. The predicted molar refractivity (Wildman–Crippen MR) is 404 cm³/mol. The van der Waals surface area contributed by atoms with Crippen LogP contribution in [-0.2, 0) is 0 Å². The highest BCUT2D eigenvalue weighted by molar-refractivity contribution is 7.00. The first-order valence-electron chi connectivity index (χ1n) is 33.1. The summed E-state index contributed by atoms with van der Waals surface area (Å²) < 4.78 is 11.6. The average molecular weight is 1220 g/mol. The molecule has 0 unspecified atom stereocenters. The molecule has 0 spiro atoms. The minimum atomic E-state index is -0.263. The molecule has 0 radical (unpaired) electrons. The van der Waals surface area contributed by atoms with Crippen molar-refractivity contribution >= 4 is 123 Å². The van der Waals surface area contributed by atoms with E-state index in [1.165, 1.54) is 60.2 Å². The second kappa shape index (κ2) is 21.5. The van der Waals surface area contributed by atoms with E-state index in [0.29, 0.717) is 0 Å². The molecular formula is C90H57BN4O. The SMILES string of the molecule is c1ccc(-c2ccccc2N2c3cc4c(cc3B3c5cc6c7ccccc7n(-c7ccccc7-c7ccccc7)c6cc5N(c5ccccc5-c5ccccc5)c5cc(-c6ccc7oc8ccccc8c7c6)cc2c53)c2ccccc2n4-c2ccccc2-c2ccccc2)cc1. The zero-order chi connectivity index (χ0) is 63.0. The minimum absolute atomic E-state index is 0.263. The summed E-state index contributed by atoms with van der Waals surface area (Å²) in [6.07, 6.45) is 0. The van der Waals surface area contributed by atoms with Crippen molar-refractivity contribution in [1.82, 2.24) is 9.13 Å². The Hall–Kier alpha value is -12.6. The van der Waals surface area contributed by atoms with Gasteiger partial charge in [0.1, 0.15) is 11.2 Å². The number of rotatable bonds is 9. The Morgan fingerprint density at radius 2 is 0.573 bits per heavy atom. The monoisotopic (exact) mass is 1220 g/mol. The maximum atomic E-state index is 6.58. The van der Waals surface area contributed by atoms with Gasteiger partial charge in [-0.3, -0.25) is 0 Å². The molecule has 6 heteroatoms. The lowest BCUT2D eigenvalue weighted by atomic mass is 9.33. The van der Waals surface area contributed by atoms with Gasteiger partial charge in [0.25, 0.3) is 6.71 Å². The first-order chi connectivity index (χ1) is 47.7. The van der Waals surface area contributed by atoms with Crippen molar-refractivity contribution in [2.24, 2.45) is 0 Å². The van der Waals surface area contributed by atoms with E-state index < -0.39 is 0 Å². The van der Waals surface area contributed by atoms with Crippen molar-refractivity contribution in [3.8, 4) is 67.0 Å². The number of furan rings is 1. The van der Waals surface area contributed by atoms with E-state index in [4.69, 9.17) is 4.42 Å². The van der Waals surface area contributed by atoms with E-state index >= 15 is 0 Å². The maximum Gasteiger partial charge on any atom is 0.252 e. The molecule has 96 heavy (non-hydrogen) atoms. The van der Waals surface area contributed by atoms with E-state index in [1.54, 1.807) is 0 Å². The van der Waals surface area contributed by atoms with Gasteiger partial charge in [0.2, 0.25) is 0 Å². The molecule has 0 amide bonds. The number of hydrogen-bond acceptors (Lipinski definition) is 3. The van der Waals surface area contributed by atoms with Crippen molar-refractivity contribution in [3.63, 3.8) is 0 Å². The Balaban J connectivity index is 0.966. The number of nitrogens with zero attached hydrogens (tertiary/aromatic N) is 4. The molecule has 2 aliphatic rings. The maximum absolute atomic E-state index is 6.58. The van der Waals surface area contributed by atoms with Gasteiger partial charge >= 0.3 is 0 Å². The molecule has 2 aliphatic heterocycles. The smallest absolute Gasteiger partial charge is 0.252 e. The number of benzene rings is 15. The van der Waals surface area contributed by atoms with Gasteiger partial charge < -0.3 is 23.4 Å². The Morgan fingerprint density at radius 1 is 0.208 bits per heavy atom. The highest BCUT2D eigenvalue weighted by atomic mass is 16.3. The molecule has 5 nitrogen and oxygen atoms in total. The average Bonchev–Trinajstić information content (AvgIpc) is 1.12. The Bertz CT molecular complexity index is 5850. The van der Waals surface area contributed by atoms with Gasteiger partial charge in [-0.1, -0.05) is 267 Å². The van der Waals surface area contributed by atoms with Crippen molar-refractivity contribution in [2.45, 2.75) is 0 Å². The number of hydrogen-bond donors (Lipinski definition) is 0. The van der Waals surface area contributed by atoms with Crippen LogP contribution in [0, 0.1) is 0 Å². The fourth-order valence-corrected chi connectivity index (χ4v) is 16.2. The van der Waals surface area contributed by atoms with Crippen LogP contribution in [0.15, 0.2) is 350 Å². The molecule has 15 aromatic carbocycles. The van der Waals surface area contributed by atoms with Crippen LogP contribution in [0.25, 0.3) is 133 Å². The fraction of sp³-hybridized carbons (Fsp3) is 0. The van der Waals surface area contributed by atoms with Crippen molar-refractivity contribution in [2.75, 3.05) is 9.80 Å². The molecule has 20 rings (SSSR count). The summed E-state index contributed by atoms with van der Waals surface area (Å²) in [5, 5.41) is 6.96. The van der Waals surface area contributed by atoms with E-state index in [1.807, 2.05) is 0 Å². The molecule has 0 aliphatic carbocycles. The third kappa shape index (κ3) is 8.19. The molecule has 0 fully saturated rings. The first-order valence-corrected chi connectivity index (χ1v) is 33.1. The van der Waals surface area contributed by atoms with Crippen LogP contribution in [0.2, 0.25) is 0 Å². The lowest BCUT2D eigenvalue weighted by molar-refractivity contribution is 0.669. The van der Waals surface area contributed by atoms with Gasteiger partial charge in [-0.15, -0.1) is 0 Å². The van der Waals surface area contributed by atoms with Gasteiger partial charge in [-0.05, 0) is 129 Å². The standard InChI is InChI=1S/C90H57BN4O/c1-5-27-58(28-6-1)64-35-13-20-42-76(64)92-80-46-24-17-39-68(80)71-54-74-84(56-82(71)92)94(78-44-22-15-37-66(78)60-31-9-3-10-32-60)86-52-63(62-49-50-89-73(51-62)70-41-19-26-48-88(70)96-89)53-87-90(86)91(74)75-55-72-69-40-18-25-47-81(69)93(77-43-21-14-36-65(77)59-29-7-2-8-30-59)83(72)57-85(75)95(87)79-45-23-16-38-67(79)61-33-11-4-12-34-61/h1-57H. The summed E-state index contributed by atoms with van der Waals surface area (Å²) in [4.78, 5) is 5.26. The van der Waals surface area contributed by atoms with E-state index in [2.05, 4.69) is 365 Å². The Labute approximate surface area is 555 Å². The van der Waals surface area contributed by atoms with Crippen molar-refractivity contribution in [1.29, 1.82) is 0 Å². The quantitative estimate of drug-likeness (QED) is 0.135. The summed E-state index contributed by atoms with van der Waals surface area (Å²) in [6.45, 7) is -0.263. The summed E-state index contributed by atoms with van der Waals surface area (Å²) in [5.41, 5.74) is 30.2. The summed E-state index contributed by atoms with van der Waals surface area (Å²) in [5.74, 6) is 0. The van der Waals surface area contributed by atoms with Gasteiger partial charge in [0.15, 0.2) is 0 Å². The summed E-state index contributed by atoms with van der Waals surface area (Å²) in [7, 11) is 0. The predicted octanol–water partition coefficient (Wildman–Crippen LogP) is 22.2. The normalized spacial score (nSPS) is 12.5. The second-order valence-corrected chi connectivity index (χ2v) is 25.4. The minimum Gasteiger partial charge on any atom is -0.456 e. The lowest BCUT2D eigenvalue weighted by Gasteiger charge is -2.45. The molecule has 0 N–H and O–H groups in total. The highest BCUT2D eigenvalue weighted by Gasteiger charge is 2.46. The molecule has 18 aromatic rings. The molecule has 3 aromatic heterocycles.